The number of nitrogens with zero attached hydrogens (tertiary/aromatic N) is 2. The predicted octanol–water partition coefficient (Wildman–Crippen LogP) is 0.640. The van der Waals surface area contributed by atoms with E-state index in [0.717, 1.165) is 12.8 Å². The minimum atomic E-state index is -0.931. The summed E-state index contributed by atoms with van der Waals surface area (Å²) < 4.78 is 9.99. The van der Waals surface area contributed by atoms with E-state index in [-0.39, 0.29) is 6.03 Å². The van der Waals surface area contributed by atoms with Gasteiger partial charge in [-0.05, 0) is 19.3 Å². The van der Waals surface area contributed by atoms with Crippen molar-refractivity contribution < 1.29 is 24.2 Å². The molecule has 0 unspecified atom stereocenters. The predicted molar refractivity (Wildman–Crippen MR) is 72.7 cm³/mol. The number of hydrogen-bond donors (Lipinski definition) is 1. The number of hydrogen-bond acceptors (Lipinski definition) is 4. The van der Waals surface area contributed by atoms with Crippen LogP contribution >= 0.6 is 0 Å². The number of carboxylic acids is 1. The summed E-state index contributed by atoms with van der Waals surface area (Å²) >= 11 is 0. The molecular formula is C13H24N2O5. The molecule has 1 atom stereocenters. The first-order chi connectivity index (χ1) is 9.61. The van der Waals surface area contributed by atoms with E-state index in [0.29, 0.717) is 39.3 Å². The summed E-state index contributed by atoms with van der Waals surface area (Å²) in [5.41, 5.74) is 0. The van der Waals surface area contributed by atoms with Crippen LogP contribution in [0.4, 0.5) is 4.79 Å². The molecule has 7 heteroatoms. The Labute approximate surface area is 119 Å². The number of carboxylic acid groups (broad SMARTS) is 1. The molecule has 1 fully saturated rings. The molecule has 1 aliphatic rings. The Balaban J connectivity index is 2.62. The fourth-order valence-electron chi connectivity index (χ4n) is 2.34. The van der Waals surface area contributed by atoms with Gasteiger partial charge in [0, 0.05) is 40.5 Å². The van der Waals surface area contributed by atoms with Gasteiger partial charge in [-0.2, -0.15) is 0 Å². The lowest BCUT2D eigenvalue weighted by molar-refractivity contribution is -0.141. The van der Waals surface area contributed by atoms with E-state index in [1.54, 1.807) is 19.1 Å². The van der Waals surface area contributed by atoms with Gasteiger partial charge in [-0.15, -0.1) is 0 Å². The van der Waals surface area contributed by atoms with Crippen LogP contribution in [0.15, 0.2) is 0 Å². The fourth-order valence-corrected chi connectivity index (χ4v) is 2.34. The number of carbonyl (C=O) groups excluding carboxylic acids is 1. The topological polar surface area (TPSA) is 79.3 Å². The van der Waals surface area contributed by atoms with Crippen LogP contribution in [0, 0.1) is 0 Å². The average Bonchev–Trinajstić information content (AvgIpc) is 2.91. The van der Waals surface area contributed by atoms with Gasteiger partial charge in [-0.1, -0.05) is 0 Å². The first-order valence-electron chi connectivity index (χ1n) is 6.88. The van der Waals surface area contributed by atoms with Gasteiger partial charge in [0.25, 0.3) is 0 Å². The largest absolute Gasteiger partial charge is 0.480 e. The second-order valence-electron chi connectivity index (χ2n) is 4.80. The van der Waals surface area contributed by atoms with Crippen LogP contribution in [0.25, 0.3) is 0 Å². The minimum absolute atomic E-state index is 0.219. The maximum atomic E-state index is 12.5. The number of urea groups is 1. The van der Waals surface area contributed by atoms with Crippen molar-refractivity contribution in [3.05, 3.63) is 0 Å². The van der Waals surface area contributed by atoms with Crippen LogP contribution in [0.5, 0.6) is 0 Å². The average molecular weight is 288 g/mol. The number of carbonyl (C=O) groups is 2. The molecule has 1 rings (SSSR count). The summed E-state index contributed by atoms with van der Waals surface area (Å²) in [6.45, 7) is 2.51. The molecule has 0 spiro atoms. The molecule has 2 amide bonds. The normalized spacial score (nSPS) is 18.3. The van der Waals surface area contributed by atoms with Gasteiger partial charge >= 0.3 is 12.0 Å². The Morgan fingerprint density at radius 2 is 1.95 bits per heavy atom. The highest BCUT2D eigenvalue weighted by atomic mass is 16.5. The van der Waals surface area contributed by atoms with E-state index in [4.69, 9.17) is 14.6 Å². The third-order valence-electron chi connectivity index (χ3n) is 3.40. The van der Waals surface area contributed by atoms with Crippen molar-refractivity contribution >= 4 is 12.0 Å². The Kier molecular flexibility index (Phi) is 7.32. The lowest BCUT2D eigenvalue weighted by Crippen LogP contribution is -2.49. The van der Waals surface area contributed by atoms with Crippen LogP contribution in [0.3, 0.4) is 0 Å². The van der Waals surface area contributed by atoms with Crippen LogP contribution in [-0.4, -0.2) is 80.0 Å². The number of likely N-dealkylation sites (tertiary alicyclic amines) is 1. The van der Waals surface area contributed by atoms with Gasteiger partial charge in [0.15, 0.2) is 0 Å². The zero-order chi connectivity index (χ0) is 15.0. The number of aliphatic carboxylic acids is 1. The van der Waals surface area contributed by atoms with Crippen LogP contribution in [0.2, 0.25) is 0 Å². The third kappa shape index (κ3) is 4.64. The quantitative estimate of drug-likeness (QED) is 0.663. The Hall–Kier alpha value is -1.34. The number of rotatable bonds is 8. The maximum absolute atomic E-state index is 12.5. The molecule has 1 heterocycles. The smallest absolute Gasteiger partial charge is 0.326 e. The molecule has 0 bridgehead atoms. The highest BCUT2D eigenvalue weighted by Gasteiger charge is 2.35. The van der Waals surface area contributed by atoms with Crippen molar-refractivity contribution in [1.82, 2.24) is 9.80 Å². The van der Waals surface area contributed by atoms with Crippen molar-refractivity contribution in [2.45, 2.75) is 25.3 Å². The Bertz CT molecular complexity index is 324. The van der Waals surface area contributed by atoms with Crippen molar-refractivity contribution in [2.75, 3.05) is 47.1 Å². The van der Waals surface area contributed by atoms with E-state index in [1.165, 1.54) is 4.90 Å². The van der Waals surface area contributed by atoms with E-state index >= 15 is 0 Å². The number of ether oxygens (including phenoxy) is 2. The van der Waals surface area contributed by atoms with Crippen molar-refractivity contribution in [3.8, 4) is 0 Å². The molecule has 1 aliphatic heterocycles. The number of methoxy groups -OCH3 is 2. The van der Waals surface area contributed by atoms with E-state index in [1.807, 2.05) is 0 Å². The molecule has 1 N–H and O–H groups in total. The molecule has 0 aliphatic carbocycles. The molecular weight excluding hydrogens is 264 g/mol. The highest BCUT2D eigenvalue weighted by Crippen LogP contribution is 2.19. The first kappa shape index (κ1) is 16.7. The molecule has 0 radical (unpaired) electrons. The van der Waals surface area contributed by atoms with E-state index < -0.39 is 12.0 Å². The highest BCUT2D eigenvalue weighted by molar-refractivity contribution is 5.83. The molecule has 116 valence electrons. The summed E-state index contributed by atoms with van der Waals surface area (Å²) in [4.78, 5) is 26.7. The Morgan fingerprint density at radius 1 is 1.25 bits per heavy atom. The third-order valence-corrected chi connectivity index (χ3v) is 3.40. The molecule has 7 nitrogen and oxygen atoms in total. The van der Waals surface area contributed by atoms with Crippen molar-refractivity contribution in [3.63, 3.8) is 0 Å². The van der Waals surface area contributed by atoms with Crippen molar-refractivity contribution in [1.29, 1.82) is 0 Å². The first-order valence-corrected chi connectivity index (χ1v) is 6.88. The lowest BCUT2D eigenvalue weighted by Gasteiger charge is -2.30. The fraction of sp³-hybridized carbons (Fsp3) is 0.846. The molecule has 20 heavy (non-hydrogen) atoms. The van der Waals surface area contributed by atoms with E-state index in [9.17, 15) is 9.59 Å². The molecule has 0 aromatic heterocycles. The van der Waals surface area contributed by atoms with Crippen LogP contribution < -0.4 is 0 Å². The summed E-state index contributed by atoms with van der Waals surface area (Å²) in [5, 5.41) is 9.15. The zero-order valence-corrected chi connectivity index (χ0v) is 12.2. The van der Waals surface area contributed by atoms with Crippen molar-refractivity contribution in [2.24, 2.45) is 0 Å². The van der Waals surface area contributed by atoms with Gasteiger partial charge in [0.1, 0.15) is 6.04 Å². The summed E-state index contributed by atoms with van der Waals surface area (Å²) in [5.74, 6) is -0.931. The van der Waals surface area contributed by atoms with E-state index in [2.05, 4.69) is 0 Å². The maximum Gasteiger partial charge on any atom is 0.326 e. The SMILES string of the molecule is COCCCN(CCOC)C(=O)N1CCC[C@@H]1C(=O)O. The van der Waals surface area contributed by atoms with Crippen LogP contribution in [-0.2, 0) is 14.3 Å². The molecule has 0 aromatic rings. The van der Waals surface area contributed by atoms with Gasteiger partial charge in [-0.3, -0.25) is 0 Å². The monoisotopic (exact) mass is 288 g/mol. The van der Waals surface area contributed by atoms with Gasteiger partial charge < -0.3 is 24.4 Å². The van der Waals surface area contributed by atoms with Crippen LogP contribution in [0.1, 0.15) is 19.3 Å². The van der Waals surface area contributed by atoms with Gasteiger partial charge in [0.05, 0.1) is 6.61 Å². The molecule has 0 aromatic carbocycles. The second-order valence-corrected chi connectivity index (χ2v) is 4.80. The zero-order valence-electron chi connectivity index (χ0n) is 12.2. The molecule has 1 saturated heterocycles. The molecule has 0 saturated carbocycles. The van der Waals surface area contributed by atoms with Gasteiger partial charge in [0.2, 0.25) is 0 Å². The Morgan fingerprint density at radius 3 is 2.55 bits per heavy atom. The second kappa shape index (κ2) is 8.76. The summed E-state index contributed by atoms with van der Waals surface area (Å²) in [6.07, 6.45) is 1.98. The van der Waals surface area contributed by atoms with Gasteiger partial charge in [-0.25, -0.2) is 9.59 Å². The lowest BCUT2D eigenvalue weighted by atomic mass is 10.2. The summed E-state index contributed by atoms with van der Waals surface area (Å²) in [7, 11) is 3.19. The minimum Gasteiger partial charge on any atom is -0.480 e. The summed E-state index contributed by atoms with van der Waals surface area (Å²) in [6, 6.07) is -0.918. The number of amides is 2. The standard InChI is InChI=1S/C13H24N2O5/c1-19-9-4-6-14(8-10-20-2)13(18)15-7-3-5-11(15)12(16)17/h11H,3-10H2,1-2H3,(H,16,17)/t11-/m1/s1.